The summed E-state index contributed by atoms with van der Waals surface area (Å²) in [5.41, 5.74) is 2.27. The van der Waals surface area contributed by atoms with Gasteiger partial charge in [-0.05, 0) is 45.3 Å². The summed E-state index contributed by atoms with van der Waals surface area (Å²) in [6.45, 7) is 0. The second-order valence-corrected chi connectivity index (χ2v) is 5.61. The van der Waals surface area contributed by atoms with Gasteiger partial charge < -0.3 is 0 Å². The molecule has 4 aromatic carbocycles. The summed E-state index contributed by atoms with van der Waals surface area (Å²) in [6, 6.07) is 27.3. The summed E-state index contributed by atoms with van der Waals surface area (Å²) in [5.74, 6) is 0. The van der Waals surface area contributed by atoms with E-state index in [0.717, 1.165) is 10.6 Å². The van der Waals surface area contributed by atoms with Crippen molar-refractivity contribution in [3.8, 4) is 11.1 Å². The Labute approximate surface area is 128 Å². The lowest BCUT2D eigenvalue weighted by Crippen LogP contribution is -1.83. The molecule has 0 saturated heterocycles. The third kappa shape index (κ3) is 2.09. The third-order valence-electron chi connectivity index (χ3n) is 3.91. The average Bonchev–Trinajstić information content (AvgIpc) is 2.53. The molecule has 0 unspecified atom stereocenters. The van der Waals surface area contributed by atoms with Crippen LogP contribution in [-0.2, 0) is 0 Å². The number of halogens is 1. The van der Waals surface area contributed by atoms with Gasteiger partial charge in [0.15, 0.2) is 0 Å². The Bertz CT molecular complexity index is 954. The second-order valence-electron chi connectivity index (χ2n) is 5.21. The van der Waals surface area contributed by atoms with E-state index < -0.39 is 0 Å². The molecular weight excluding hydrogens is 276 g/mol. The van der Waals surface area contributed by atoms with Crippen LogP contribution in [0.4, 0.5) is 0 Å². The van der Waals surface area contributed by atoms with Crippen molar-refractivity contribution in [3.63, 3.8) is 0 Å². The monoisotopic (exact) mass is 288 g/mol. The van der Waals surface area contributed by atoms with E-state index in [1.165, 1.54) is 27.1 Å². The van der Waals surface area contributed by atoms with Crippen molar-refractivity contribution in [1.29, 1.82) is 0 Å². The first-order valence-corrected chi connectivity index (χ1v) is 7.37. The molecule has 0 aromatic heterocycles. The van der Waals surface area contributed by atoms with Gasteiger partial charge in [0, 0.05) is 10.6 Å². The van der Waals surface area contributed by atoms with Gasteiger partial charge in [0.25, 0.3) is 0 Å². The molecule has 0 heterocycles. The highest BCUT2D eigenvalue weighted by molar-refractivity contribution is 6.33. The van der Waals surface area contributed by atoms with Crippen LogP contribution in [0.3, 0.4) is 0 Å². The Kier molecular flexibility index (Phi) is 2.90. The van der Waals surface area contributed by atoms with E-state index in [9.17, 15) is 0 Å². The van der Waals surface area contributed by atoms with Crippen LogP contribution in [0.2, 0.25) is 5.02 Å². The lowest BCUT2D eigenvalue weighted by Gasteiger charge is -2.10. The number of hydrogen-bond acceptors (Lipinski definition) is 0. The zero-order chi connectivity index (χ0) is 14.2. The molecule has 21 heavy (non-hydrogen) atoms. The summed E-state index contributed by atoms with van der Waals surface area (Å²) < 4.78 is 0. The van der Waals surface area contributed by atoms with Gasteiger partial charge in [-0.3, -0.25) is 0 Å². The van der Waals surface area contributed by atoms with Gasteiger partial charge in [-0.25, -0.2) is 0 Å². The maximum Gasteiger partial charge on any atom is 0.0484 e. The molecule has 0 radical (unpaired) electrons. The molecule has 0 aliphatic carbocycles. The first kappa shape index (κ1) is 12.4. The number of benzene rings is 4. The number of hydrogen-bond donors (Lipinski definition) is 0. The summed E-state index contributed by atoms with van der Waals surface area (Å²) in [6.07, 6.45) is 0. The molecule has 0 fully saturated rings. The van der Waals surface area contributed by atoms with Crippen molar-refractivity contribution in [2.75, 3.05) is 0 Å². The van der Waals surface area contributed by atoms with Crippen LogP contribution in [0.5, 0.6) is 0 Å². The van der Waals surface area contributed by atoms with Crippen LogP contribution >= 0.6 is 11.6 Å². The van der Waals surface area contributed by atoms with Gasteiger partial charge in [0.2, 0.25) is 0 Å². The van der Waals surface area contributed by atoms with Crippen molar-refractivity contribution in [3.05, 3.63) is 83.9 Å². The van der Waals surface area contributed by atoms with E-state index in [1.54, 1.807) is 0 Å². The Balaban J connectivity index is 2.10. The zero-order valence-corrected chi connectivity index (χ0v) is 12.1. The van der Waals surface area contributed by atoms with Gasteiger partial charge >= 0.3 is 0 Å². The Morgan fingerprint density at radius 2 is 1.14 bits per heavy atom. The highest BCUT2D eigenvalue weighted by atomic mass is 35.5. The fourth-order valence-electron chi connectivity index (χ4n) is 2.88. The molecule has 4 aromatic rings. The molecule has 4 rings (SSSR count). The number of fused-ring (bicyclic) bond motifs is 2. The first-order valence-electron chi connectivity index (χ1n) is 6.99. The fourth-order valence-corrected chi connectivity index (χ4v) is 3.12. The minimum atomic E-state index is 0.790. The van der Waals surface area contributed by atoms with Crippen molar-refractivity contribution in [2.24, 2.45) is 0 Å². The summed E-state index contributed by atoms with van der Waals surface area (Å²) >= 11 is 6.38. The van der Waals surface area contributed by atoms with Crippen LogP contribution in [0.1, 0.15) is 0 Å². The topological polar surface area (TPSA) is 0 Å². The van der Waals surface area contributed by atoms with Crippen LogP contribution in [0.25, 0.3) is 32.7 Å². The predicted molar refractivity (Wildman–Crippen MR) is 91.9 cm³/mol. The molecule has 0 saturated carbocycles. The minimum Gasteiger partial charge on any atom is -0.0837 e. The fraction of sp³-hybridized carbons (Fsp3) is 0. The SMILES string of the molecule is Clc1ccccc1-c1cccc2cc3ccccc3cc12. The molecular formula is C20H13Cl. The molecule has 0 amide bonds. The molecule has 0 N–H and O–H groups in total. The Morgan fingerprint density at radius 1 is 0.524 bits per heavy atom. The maximum absolute atomic E-state index is 6.38. The first-order chi connectivity index (χ1) is 10.3. The van der Waals surface area contributed by atoms with E-state index in [0.29, 0.717) is 0 Å². The molecule has 0 aliphatic heterocycles. The third-order valence-corrected chi connectivity index (χ3v) is 4.24. The molecule has 0 aliphatic rings. The summed E-state index contributed by atoms with van der Waals surface area (Å²) in [7, 11) is 0. The molecule has 100 valence electrons. The number of rotatable bonds is 1. The largest absolute Gasteiger partial charge is 0.0837 e. The quantitative estimate of drug-likeness (QED) is 0.360. The van der Waals surface area contributed by atoms with Gasteiger partial charge in [-0.15, -0.1) is 0 Å². The van der Waals surface area contributed by atoms with E-state index >= 15 is 0 Å². The lowest BCUT2D eigenvalue weighted by atomic mass is 9.95. The lowest BCUT2D eigenvalue weighted by molar-refractivity contribution is 1.65. The molecule has 0 spiro atoms. The molecule has 0 nitrogen and oxygen atoms in total. The maximum atomic E-state index is 6.38. The van der Waals surface area contributed by atoms with Crippen LogP contribution in [0.15, 0.2) is 78.9 Å². The Hall–Kier alpha value is -2.31. The van der Waals surface area contributed by atoms with E-state index in [2.05, 4.69) is 60.7 Å². The van der Waals surface area contributed by atoms with Crippen LogP contribution in [0, 0.1) is 0 Å². The highest BCUT2D eigenvalue weighted by Gasteiger charge is 2.07. The normalized spacial score (nSPS) is 11.1. The smallest absolute Gasteiger partial charge is 0.0484 e. The van der Waals surface area contributed by atoms with Gasteiger partial charge in [0.05, 0.1) is 0 Å². The van der Waals surface area contributed by atoms with Crippen molar-refractivity contribution in [1.82, 2.24) is 0 Å². The van der Waals surface area contributed by atoms with E-state index in [-0.39, 0.29) is 0 Å². The molecule has 1 heteroatoms. The molecule has 0 bridgehead atoms. The van der Waals surface area contributed by atoms with Gasteiger partial charge in [0.1, 0.15) is 0 Å². The van der Waals surface area contributed by atoms with E-state index in [4.69, 9.17) is 11.6 Å². The van der Waals surface area contributed by atoms with Crippen LogP contribution in [-0.4, -0.2) is 0 Å². The summed E-state index contributed by atoms with van der Waals surface area (Å²) in [4.78, 5) is 0. The standard InChI is InChI=1S/C20H13Cl/c21-20-11-4-3-9-18(20)17-10-5-8-16-12-14-6-1-2-7-15(14)13-19(16)17/h1-13H. The van der Waals surface area contributed by atoms with Crippen molar-refractivity contribution in [2.45, 2.75) is 0 Å². The van der Waals surface area contributed by atoms with E-state index in [1.807, 2.05) is 18.2 Å². The summed E-state index contributed by atoms with van der Waals surface area (Å²) in [5, 5.41) is 5.79. The van der Waals surface area contributed by atoms with Gasteiger partial charge in [-0.1, -0.05) is 72.3 Å². The van der Waals surface area contributed by atoms with Crippen molar-refractivity contribution < 1.29 is 0 Å². The Morgan fingerprint density at radius 3 is 1.95 bits per heavy atom. The predicted octanol–water partition coefficient (Wildman–Crippen LogP) is 6.31. The minimum absolute atomic E-state index is 0.790. The average molecular weight is 289 g/mol. The van der Waals surface area contributed by atoms with Crippen molar-refractivity contribution >= 4 is 33.1 Å². The highest BCUT2D eigenvalue weighted by Crippen LogP contribution is 2.35. The second kappa shape index (κ2) is 4.91. The zero-order valence-electron chi connectivity index (χ0n) is 11.4. The molecule has 0 atom stereocenters. The van der Waals surface area contributed by atoms with Gasteiger partial charge in [-0.2, -0.15) is 0 Å². The van der Waals surface area contributed by atoms with Crippen LogP contribution < -0.4 is 0 Å².